The molecule has 24 heavy (non-hydrogen) atoms. The van der Waals surface area contributed by atoms with Gasteiger partial charge in [-0.2, -0.15) is 0 Å². The van der Waals surface area contributed by atoms with E-state index in [4.69, 9.17) is 0 Å². The number of carbonyl (C=O) groups excluding carboxylic acids is 1. The molecule has 0 bridgehead atoms. The molecule has 1 heterocycles. The second-order valence-electron chi connectivity index (χ2n) is 6.90. The van der Waals surface area contributed by atoms with Crippen LogP contribution in [0.15, 0.2) is 18.2 Å². The average Bonchev–Trinajstić information content (AvgIpc) is 2.83. The van der Waals surface area contributed by atoms with Crippen LogP contribution in [-0.4, -0.2) is 38.5 Å². The van der Waals surface area contributed by atoms with Crippen LogP contribution in [0.2, 0.25) is 0 Å². The van der Waals surface area contributed by atoms with E-state index < -0.39 is 15.9 Å². The molecule has 132 valence electrons. The highest BCUT2D eigenvalue weighted by molar-refractivity contribution is 7.91. The lowest BCUT2D eigenvalue weighted by Crippen LogP contribution is -2.48. The summed E-state index contributed by atoms with van der Waals surface area (Å²) in [7, 11) is -3.16. The number of urea groups is 1. The van der Waals surface area contributed by atoms with Gasteiger partial charge in [-0.05, 0) is 31.9 Å². The van der Waals surface area contributed by atoms with Crippen molar-refractivity contribution < 1.29 is 17.6 Å². The summed E-state index contributed by atoms with van der Waals surface area (Å²) >= 11 is 0. The molecule has 1 atom stereocenters. The van der Waals surface area contributed by atoms with Gasteiger partial charge >= 0.3 is 6.03 Å². The first-order valence-corrected chi connectivity index (χ1v) is 10.2. The molecule has 7 heteroatoms. The van der Waals surface area contributed by atoms with Crippen molar-refractivity contribution in [1.82, 2.24) is 5.32 Å². The fraction of sp³-hybridized carbons (Fsp3) is 0.588. The molecule has 1 unspecified atom stereocenters. The zero-order valence-corrected chi connectivity index (χ0v) is 14.8. The Morgan fingerprint density at radius 3 is 2.71 bits per heavy atom. The summed E-state index contributed by atoms with van der Waals surface area (Å²) in [5.41, 5.74) is 0.981. The number of hydrogen-bond acceptors (Lipinski definition) is 3. The number of fused-ring (bicyclic) bond motifs is 2. The number of anilines is 1. The summed E-state index contributed by atoms with van der Waals surface area (Å²) in [5.74, 6) is -0.303. The molecule has 1 fully saturated rings. The van der Waals surface area contributed by atoms with Crippen molar-refractivity contribution in [3.63, 3.8) is 0 Å². The summed E-state index contributed by atoms with van der Waals surface area (Å²) in [6, 6.07) is 3.97. The number of carbonyl (C=O) groups is 1. The number of halogens is 1. The van der Waals surface area contributed by atoms with Crippen LogP contribution in [-0.2, 0) is 15.3 Å². The van der Waals surface area contributed by atoms with E-state index in [1.54, 1.807) is 30.9 Å². The number of sulfone groups is 1. The Morgan fingerprint density at radius 2 is 2.12 bits per heavy atom. The van der Waals surface area contributed by atoms with Gasteiger partial charge in [0.15, 0.2) is 9.84 Å². The van der Waals surface area contributed by atoms with Crippen LogP contribution in [0.4, 0.5) is 14.9 Å². The first-order chi connectivity index (χ1) is 11.3. The summed E-state index contributed by atoms with van der Waals surface area (Å²) in [6.45, 7) is 3.72. The largest absolute Gasteiger partial charge is 0.334 e. The monoisotopic (exact) mass is 354 g/mol. The second kappa shape index (κ2) is 6.02. The van der Waals surface area contributed by atoms with Gasteiger partial charge in [0.2, 0.25) is 0 Å². The molecule has 3 rings (SSSR count). The van der Waals surface area contributed by atoms with Crippen LogP contribution in [0.25, 0.3) is 0 Å². The molecule has 1 saturated carbocycles. The highest BCUT2D eigenvalue weighted by atomic mass is 32.2. The first-order valence-electron chi connectivity index (χ1n) is 8.35. The normalized spacial score (nSPS) is 19.7. The molecule has 2 aliphatic rings. The van der Waals surface area contributed by atoms with E-state index in [1.165, 1.54) is 6.07 Å². The molecule has 0 radical (unpaired) electrons. The molecule has 0 saturated heterocycles. The number of rotatable bonds is 4. The zero-order chi connectivity index (χ0) is 17.5. The molecular formula is C17H23FN2O3S. The number of benzene rings is 1. The Labute approximate surface area is 142 Å². The lowest BCUT2D eigenvalue weighted by molar-refractivity contribution is 0.232. The van der Waals surface area contributed by atoms with Crippen molar-refractivity contribution in [2.45, 2.75) is 44.6 Å². The third-order valence-electron chi connectivity index (χ3n) is 5.14. The van der Waals surface area contributed by atoms with Gasteiger partial charge in [-0.15, -0.1) is 0 Å². The summed E-state index contributed by atoms with van der Waals surface area (Å²) < 4.78 is 37.7. The smallest absolute Gasteiger partial charge is 0.322 e. The van der Waals surface area contributed by atoms with Gasteiger partial charge in [0.25, 0.3) is 0 Å². The average molecular weight is 354 g/mol. The quantitative estimate of drug-likeness (QED) is 0.904. The van der Waals surface area contributed by atoms with Gasteiger partial charge in [0.1, 0.15) is 5.82 Å². The van der Waals surface area contributed by atoms with Crippen LogP contribution in [0.5, 0.6) is 0 Å². The maximum Gasteiger partial charge on any atom is 0.322 e. The SMILES string of the molecule is CCS(=O)(=O)CC(C)NC(=O)N1CC2(CCC2)c2c(F)cccc21. The van der Waals surface area contributed by atoms with Gasteiger partial charge in [-0.3, -0.25) is 4.90 Å². The predicted octanol–water partition coefficient (Wildman–Crippen LogP) is 2.60. The topological polar surface area (TPSA) is 66.5 Å². The molecular weight excluding hydrogens is 331 g/mol. The highest BCUT2D eigenvalue weighted by Gasteiger charge is 2.50. The molecule has 1 aliphatic carbocycles. The molecule has 1 N–H and O–H groups in total. The first kappa shape index (κ1) is 17.2. The standard InChI is InChI=1S/C17H23FN2O3S/c1-3-24(22,23)10-12(2)19-16(21)20-11-17(8-5-9-17)15-13(18)6-4-7-14(15)20/h4,6-7,12H,3,5,8-11H2,1-2H3,(H,19,21). The number of nitrogens with zero attached hydrogens (tertiary/aromatic N) is 1. The summed E-state index contributed by atoms with van der Waals surface area (Å²) in [4.78, 5) is 14.2. The van der Waals surface area contributed by atoms with Crippen molar-refractivity contribution in [3.8, 4) is 0 Å². The predicted molar refractivity (Wildman–Crippen MR) is 91.6 cm³/mol. The van der Waals surface area contributed by atoms with Crippen LogP contribution >= 0.6 is 0 Å². The van der Waals surface area contributed by atoms with Gasteiger partial charge < -0.3 is 5.32 Å². The van der Waals surface area contributed by atoms with Crippen LogP contribution < -0.4 is 10.2 Å². The maximum absolute atomic E-state index is 14.3. The molecule has 1 aromatic carbocycles. The number of amides is 2. The van der Waals surface area contributed by atoms with E-state index in [0.29, 0.717) is 17.8 Å². The Kier molecular flexibility index (Phi) is 4.32. The Bertz CT molecular complexity index is 759. The molecule has 1 aromatic rings. The third kappa shape index (κ3) is 2.90. The summed E-state index contributed by atoms with van der Waals surface area (Å²) in [5, 5.41) is 2.74. The molecule has 0 aromatic heterocycles. The highest BCUT2D eigenvalue weighted by Crippen LogP contribution is 2.53. The number of nitrogens with one attached hydrogen (secondary N) is 1. The van der Waals surface area contributed by atoms with E-state index in [-0.39, 0.29) is 28.8 Å². The fourth-order valence-corrected chi connectivity index (χ4v) is 4.83. The minimum absolute atomic E-state index is 0.0497. The minimum Gasteiger partial charge on any atom is -0.334 e. The van der Waals surface area contributed by atoms with Gasteiger partial charge in [-0.25, -0.2) is 17.6 Å². The summed E-state index contributed by atoms with van der Waals surface area (Å²) in [6.07, 6.45) is 2.79. The second-order valence-corrected chi connectivity index (χ2v) is 9.30. The minimum atomic E-state index is -3.16. The van der Waals surface area contributed by atoms with Crippen LogP contribution in [0.1, 0.15) is 38.7 Å². The zero-order valence-electron chi connectivity index (χ0n) is 14.0. The third-order valence-corrected chi connectivity index (χ3v) is 7.03. The van der Waals surface area contributed by atoms with Gasteiger partial charge in [0, 0.05) is 29.3 Å². The van der Waals surface area contributed by atoms with Gasteiger partial charge in [-0.1, -0.05) is 19.4 Å². The molecule has 1 aliphatic heterocycles. The van der Waals surface area contributed by atoms with E-state index in [0.717, 1.165) is 19.3 Å². The van der Waals surface area contributed by atoms with Crippen molar-refractivity contribution >= 4 is 21.6 Å². The van der Waals surface area contributed by atoms with E-state index in [1.807, 2.05) is 0 Å². The fourth-order valence-electron chi connectivity index (χ4n) is 3.75. The van der Waals surface area contributed by atoms with E-state index >= 15 is 0 Å². The van der Waals surface area contributed by atoms with Crippen LogP contribution in [0.3, 0.4) is 0 Å². The lowest BCUT2D eigenvalue weighted by Gasteiger charge is -2.39. The van der Waals surface area contributed by atoms with Crippen molar-refractivity contribution in [1.29, 1.82) is 0 Å². The van der Waals surface area contributed by atoms with Crippen LogP contribution in [0, 0.1) is 5.82 Å². The Hall–Kier alpha value is -1.63. The van der Waals surface area contributed by atoms with Gasteiger partial charge in [0.05, 0.1) is 11.4 Å². The Balaban J connectivity index is 1.79. The number of hydrogen-bond donors (Lipinski definition) is 1. The van der Waals surface area contributed by atoms with E-state index in [9.17, 15) is 17.6 Å². The molecule has 5 nitrogen and oxygen atoms in total. The Morgan fingerprint density at radius 1 is 1.42 bits per heavy atom. The molecule has 1 spiro atoms. The molecule has 2 amide bonds. The van der Waals surface area contributed by atoms with E-state index in [2.05, 4.69) is 5.32 Å². The van der Waals surface area contributed by atoms with Crippen molar-refractivity contribution in [2.24, 2.45) is 0 Å². The maximum atomic E-state index is 14.3. The lowest BCUT2D eigenvalue weighted by atomic mass is 9.65. The van der Waals surface area contributed by atoms with Crippen molar-refractivity contribution in [3.05, 3.63) is 29.6 Å². The van der Waals surface area contributed by atoms with Crippen molar-refractivity contribution in [2.75, 3.05) is 23.0 Å².